The highest BCUT2D eigenvalue weighted by molar-refractivity contribution is 5.93. The van der Waals surface area contributed by atoms with Crippen molar-refractivity contribution >= 4 is 11.6 Å². The smallest absolute Gasteiger partial charge is 0.224 e. The Balaban J connectivity index is 1.61. The summed E-state index contributed by atoms with van der Waals surface area (Å²) in [6, 6.07) is 6.19. The molecule has 21 heavy (non-hydrogen) atoms. The summed E-state index contributed by atoms with van der Waals surface area (Å²) in [7, 11) is 1.97. The van der Waals surface area contributed by atoms with E-state index in [0.29, 0.717) is 25.0 Å². The molecule has 0 spiro atoms. The van der Waals surface area contributed by atoms with Crippen molar-refractivity contribution in [2.75, 3.05) is 32.2 Å². The summed E-state index contributed by atoms with van der Waals surface area (Å²) in [5.41, 5.74) is 2.06. The van der Waals surface area contributed by atoms with Crippen LogP contribution < -0.4 is 15.4 Å². The number of rotatable bonds is 5. The number of carbonyl (C=O) groups is 1. The van der Waals surface area contributed by atoms with Crippen molar-refractivity contribution in [2.45, 2.75) is 25.3 Å². The van der Waals surface area contributed by atoms with Gasteiger partial charge in [-0.05, 0) is 43.7 Å². The second kappa shape index (κ2) is 6.45. The van der Waals surface area contributed by atoms with E-state index in [4.69, 9.17) is 9.47 Å². The number of nitrogens with one attached hydrogen (secondary N) is 2. The molecule has 0 saturated carbocycles. The van der Waals surface area contributed by atoms with Crippen LogP contribution in [-0.4, -0.2) is 38.8 Å². The van der Waals surface area contributed by atoms with E-state index in [2.05, 4.69) is 10.6 Å². The first-order valence-electron chi connectivity index (χ1n) is 7.57. The summed E-state index contributed by atoms with van der Waals surface area (Å²) in [5.74, 6) is 1.48. The van der Waals surface area contributed by atoms with E-state index < -0.39 is 0 Å². The number of hydrogen-bond acceptors (Lipinski definition) is 4. The van der Waals surface area contributed by atoms with Crippen LogP contribution >= 0.6 is 0 Å². The fourth-order valence-corrected chi connectivity index (χ4v) is 2.96. The number of hydrogen-bond donors (Lipinski definition) is 2. The standard InChI is InChI=1S/C16H22N2O3/c1-17-15(12-6-7-20-9-12)10-21-13-3-4-14-11(8-13)2-5-16(19)18-14/h3-4,8,12,15,17H,2,5-7,9-10H2,1H3,(H,18,19). The van der Waals surface area contributed by atoms with Crippen molar-refractivity contribution in [1.82, 2.24) is 5.32 Å². The highest BCUT2D eigenvalue weighted by Gasteiger charge is 2.25. The summed E-state index contributed by atoms with van der Waals surface area (Å²) in [6.45, 7) is 2.29. The van der Waals surface area contributed by atoms with Gasteiger partial charge in [0.2, 0.25) is 5.91 Å². The van der Waals surface area contributed by atoms with Gasteiger partial charge in [-0.2, -0.15) is 0 Å². The van der Waals surface area contributed by atoms with E-state index in [0.717, 1.165) is 43.1 Å². The average molecular weight is 290 g/mol. The SMILES string of the molecule is CNC(COc1ccc2c(c1)CCC(=O)N2)C1CCOC1. The van der Waals surface area contributed by atoms with Gasteiger partial charge in [0.05, 0.1) is 6.61 Å². The number of ether oxygens (including phenoxy) is 2. The first kappa shape index (κ1) is 14.4. The van der Waals surface area contributed by atoms with Crippen LogP contribution in [0.2, 0.25) is 0 Å². The molecule has 2 heterocycles. The van der Waals surface area contributed by atoms with Gasteiger partial charge in [0.25, 0.3) is 0 Å². The number of fused-ring (bicyclic) bond motifs is 1. The number of aryl methyl sites for hydroxylation is 1. The molecule has 0 radical (unpaired) electrons. The molecule has 2 unspecified atom stereocenters. The largest absolute Gasteiger partial charge is 0.492 e. The van der Waals surface area contributed by atoms with Crippen LogP contribution in [0.5, 0.6) is 5.75 Å². The molecule has 1 aromatic rings. The van der Waals surface area contributed by atoms with Crippen LogP contribution in [0.25, 0.3) is 0 Å². The molecule has 5 heteroatoms. The number of anilines is 1. The molecule has 0 aliphatic carbocycles. The zero-order valence-electron chi connectivity index (χ0n) is 12.4. The third-order valence-electron chi connectivity index (χ3n) is 4.31. The van der Waals surface area contributed by atoms with Gasteiger partial charge in [0.15, 0.2) is 0 Å². The molecule has 1 fully saturated rings. The zero-order chi connectivity index (χ0) is 14.7. The summed E-state index contributed by atoms with van der Waals surface area (Å²) in [4.78, 5) is 11.3. The van der Waals surface area contributed by atoms with Gasteiger partial charge in [-0.1, -0.05) is 0 Å². The van der Waals surface area contributed by atoms with Crippen LogP contribution in [0.3, 0.4) is 0 Å². The van der Waals surface area contributed by atoms with Gasteiger partial charge in [0, 0.05) is 30.7 Å². The average Bonchev–Trinajstić information content (AvgIpc) is 3.02. The van der Waals surface area contributed by atoms with E-state index in [1.807, 2.05) is 25.2 Å². The molecule has 1 amide bonds. The first-order chi connectivity index (χ1) is 10.3. The Morgan fingerprint density at radius 3 is 3.14 bits per heavy atom. The predicted molar refractivity (Wildman–Crippen MR) is 80.7 cm³/mol. The highest BCUT2D eigenvalue weighted by Crippen LogP contribution is 2.27. The third-order valence-corrected chi connectivity index (χ3v) is 4.31. The third kappa shape index (κ3) is 3.36. The van der Waals surface area contributed by atoms with Crippen molar-refractivity contribution in [3.05, 3.63) is 23.8 Å². The number of benzene rings is 1. The van der Waals surface area contributed by atoms with E-state index in [9.17, 15) is 4.79 Å². The Morgan fingerprint density at radius 2 is 2.38 bits per heavy atom. The normalized spacial score (nSPS) is 22.5. The molecule has 0 bridgehead atoms. The fraction of sp³-hybridized carbons (Fsp3) is 0.562. The molecule has 2 aliphatic rings. The topological polar surface area (TPSA) is 59.6 Å². The van der Waals surface area contributed by atoms with Crippen LogP contribution in [0.15, 0.2) is 18.2 Å². The molecular formula is C16H22N2O3. The van der Waals surface area contributed by atoms with Crippen molar-refractivity contribution in [1.29, 1.82) is 0 Å². The summed E-state index contributed by atoms with van der Waals surface area (Å²) < 4.78 is 11.4. The lowest BCUT2D eigenvalue weighted by Crippen LogP contribution is -2.39. The molecule has 2 N–H and O–H groups in total. The van der Waals surface area contributed by atoms with Gasteiger partial charge in [-0.25, -0.2) is 0 Å². The molecule has 3 rings (SSSR count). The van der Waals surface area contributed by atoms with Crippen molar-refractivity contribution in [3.63, 3.8) is 0 Å². The second-order valence-electron chi connectivity index (χ2n) is 5.70. The maximum atomic E-state index is 11.3. The fourth-order valence-electron chi connectivity index (χ4n) is 2.96. The van der Waals surface area contributed by atoms with Gasteiger partial charge in [0.1, 0.15) is 12.4 Å². The molecule has 2 aliphatic heterocycles. The van der Waals surface area contributed by atoms with E-state index in [1.54, 1.807) is 0 Å². The predicted octanol–water partition coefficient (Wildman–Crippen LogP) is 1.57. The van der Waals surface area contributed by atoms with Crippen LogP contribution in [0, 0.1) is 5.92 Å². The Morgan fingerprint density at radius 1 is 1.48 bits per heavy atom. The monoisotopic (exact) mass is 290 g/mol. The molecule has 1 aromatic carbocycles. The minimum absolute atomic E-state index is 0.0904. The van der Waals surface area contributed by atoms with Crippen LogP contribution in [0.4, 0.5) is 5.69 Å². The van der Waals surface area contributed by atoms with Gasteiger partial charge < -0.3 is 20.1 Å². The van der Waals surface area contributed by atoms with E-state index >= 15 is 0 Å². The summed E-state index contributed by atoms with van der Waals surface area (Å²) >= 11 is 0. The molecule has 5 nitrogen and oxygen atoms in total. The zero-order valence-corrected chi connectivity index (χ0v) is 12.4. The Labute approximate surface area is 125 Å². The number of amides is 1. The lowest BCUT2D eigenvalue weighted by Gasteiger charge is -2.23. The Hall–Kier alpha value is -1.59. The maximum Gasteiger partial charge on any atom is 0.224 e. The molecule has 2 atom stereocenters. The molecular weight excluding hydrogens is 268 g/mol. The lowest BCUT2D eigenvalue weighted by molar-refractivity contribution is -0.116. The quantitative estimate of drug-likeness (QED) is 0.864. The maximum absolute atomic E-state index is 11.3. The lowest BCUT2D eigenvalue weighted by atomic mass is 10.00. The van der Waals surface area contributed by atoms with Crippen LogP contribution in [0.1, 0.15) is 18.4 Å². The number of likely N-dealkylation sites (N-methyl/N-ethyl adjacent to an activating group) is 1. The Bertz CT molecular complexity index is 512. The van der Waals surface area contributed by atoms with Crippen molar-refractivity contribution < 1.29 is 14.3 Å². The highest BCUT2D eigenvalue weighted by atomic mass is 16.5. The summed E-state index contributed by atoms with van der Waals surface area (Å²) in [5, 5.41) is 6.20. The van der Waals surface area contributed by atoms with Gasteiger partial charge >= 0.3 is 0 Å². The van der Waals surface area contributed by atoms with Crippen molar-refractivity contribution in [3.8, 4) is 5.75 Å². The second-order valence-corrected chi connectivity index (χ2v) is 5.70. The number of carbonyl (C=O) groups excluding carboxylic acids is 1. The minimum Gasteiger partial charge on any atom is -0.492 e. The molecule has 114 valence electrons. The van der Waals surface area contributed by atoms with Crippen LogP contribution in [-0.2, 0) is 16.0 Å². The van der Waals surface area contributed by atoms with Crippen molar-refractivity contribution in [2.24, 2.45) is 5.92 Å². The van der Waals surface area contributed by atoms with Gasteiger partial charge in [-0.15, -0.1) is 0 Å². The molecule has 0 aromatic heterocycles. The summed E-state index contributed by atoms with van der Waals surface area (Å²) in [6.07, 6.45) is 2.42. The minimum atomic E-state index is 0.0904. The van der Waals surface area contributed by atoms with E-state index in [-0.39, 0.29) is 5.91 Å². The Kier molecular flexibility index (Phi) is 4.41. The van der Waals surface area contributed by atoms with E-state index in [1.165, 1.54) is 0 Å². The molecule has 1 saturated heterocycles. The first-order valence-corrected chi connectivity index (χ1v) is 7.57. The van der Waals surface area contributed by atoms with Gasteiger partial charge in [-0.3, -0.25) is 4.79 Å².